The summed E-state index contributed by atoms with van der Waals surface area (Å²) < 4.78 is 30.1. The van der Waals surface area contributed by atoms with Gasteiger partial charge in [-0.2, -0.15) is 0 Å². The molecule has 8 heteroatoms. The lowest BCUT2D eigenvalue weighted by atomic mass is 10.1. The Labute approximate surface area is 203 Å². The molecule has 1 aromatic carbocycles. The number of pyridine rings is 1. The summed E-state index contributed by atoms with van der Waals surface area (Å²) in [4.78, 5) is 20.0. The lowest BCUT2D eigenvalue weighted by Gasteiger charge is -2.38. The Bertz CT molecular complexity index is 1450. The summed E-state index contributed by atoms with van der Waals surface area (Å²) >= 11 is 0. The van der Waals surface area contributed by atoms with Crippen LogP contribution in [-0.4, -0.2) is 51.9 Å². The predicted octanol–water partition coefficient (Wildman–Crippen LogP) is 2.85. The van der Waals surface area contributed by atoms with Gasteiger partial charge in [-0.25, -0.2) is 13.8 Å². The molecule has 1 fully saturated rings. The fourth-order valence-electron chi connectivity index (χ4n) is 4.85. The van der Waals surface area contributed by atoms with Crippen LogP contribution in [0.1, 0.15) is 38.1 Å². The van der Waals surface area contributed by atoms with Crippen molar-refractivity contribution < 1.29 is 13.6 Å². The maximum atomic E-state index is 14.4. The lowest BCUT2D eigenvalue weighted by molar-refractivity contribution is 0.0957. The molecule has 1 aliphatic heterocycles. The highest BCUT2D eigenvalue weighted by Crippen LogP contribution is 2.21. The highest BCUT2D eigenvalue weighted by atomic mass is 19.2. The van der Waals surface area contributed by atoms with E-state index in [1.54, 1.807) is 10.5 Å². The average Bonchev–Trinajstić information content (AvgIpc) is 3.15. The summed E-state index contributed by atoms with van der Waals surface area (Å²) in [6.45, 7) is 13.9. The smallest absolute Gasteiger partial charge is 0.255 e. The third kappa shape index (κ3) is 4.58. The molecule has 35 heavy (non-hydrogen) atoms. The molecule has 1 amide bonds. The van der Waals surface area contributed by atoms with E-state index in [1.165, 1.54) is 0 Å². The molecular weight excluding hydrogens is 448 g/mol. The molecule has 0 aliphatic carbocycles. The number of allylic oxidation sites excluding steroid dienone is 2. The Morgan fingerprint density at radius 1 is 1.23 bits per heavy atom. The SMILES string of the molecule is C=C/C=c1/c(=C(\C=C/C)N2C[C@@H](C)N[C@@H](C)C2)cc(C(=O)NCC)c2nc3cc(F)c(F)cc3n12. The summed E-state index contributed by atoms with van der Waals surface area (Å²) in [5.41, 5.74) is 2.23. The summed E-state index contributed by atoms with van der Waals surface area (Å²) in [5.74, 6) is -2.27. The third-order valence-corrected chi connectivity index (χ3v) is 6.10. The molecule has 0 spiro atoms. The number of amides is 1. The molecule has 0 saturated carbocycles. The number of aromatic nitrogens is 2. The number of carbonyl (C=O) groups is 1. The largest absolute Gasteiger partial charge is 0.368 e. The van der Waals surface area contributed by atoms with E-state index in [2.05, 4.69) is 40.9 Å². The Kier molecular flexibility index (Phi) is 7.03. The monoisotopic (exact) mass is 479 g/mol. The minimum Gasteiger partial charge on any atom is -0.368 e. The van der Waals surface area contributed by atoms with Crippen LogP contribution >= 0.6 is 0 Å². The fourth-order valence-corrected chi connectivity index (χ4v) is 4.85. The van der Waals surface area contributed by atoms with Gasteiger partial charge in [0.15, 0.2) is 17.3 Å². The van der Waals surface area contributed by atoms with Crippen LogP contribution in [0.4, 0.5) is 8.78 Å². The van der Waals surface area contributed by atoms with Crippen LogP contribution in [0.2, 0.25) is 0 Å². The van der Waals surface area contributed by atoms with E-state index in [1.807, 2.05) is 38.1 Å². The van der Waals surface area contributed by atoms with Gasteiger partial charge in [-0.1, -0.05) is 18.7 Å². The molecule has 0 radical (unpaired) electrons. The van der Waals surface area contributed by atoms with Crippen molar-refractivity contribution in [2.45, 2.75) is 39.8 Å². The number of imidazole rings is 1. The van der Waals surface area contributed by atoms with Gasteiger partial charge in [-0.15, -0.1) is 0 Å². The van der Waals surface area contributed by atoms with E-state index >= 15 is 0 Å². The minimum absolute atomic E-state index is 0.266. The average molecular weight is 480 g/mol. The maximum Gasteiger partial charge on any atom is 0.255 e. The maximum absolute atomic E-state index is 14.4. The first-order chi connectivity index (χ1) is 16.8. The molecule has 2 atom stereocenters. The van der Waals surface area contributed by atoms with Gasteiger partial charge in [0.1, 0.15) is 0 Å². The van der Waals surface area contributed by atoms with E-state index in [-0.39, 0.29) is 23.5 Å². The number of carbonyl (C=O) groups excluding carboxylic acids is 1. The minimum atomic E-state index is -0.986. The number of piperazine rings is 1. The first-order valence-corrected chi connectivity index (χ1v) is 11.9. The molecule has 4 rings (SSSR count). The Hall–Kier alpha value is -3.52. The number of halogens is 2. The second-order valence-electron chi connectivity index (χ2n) is 8.90. The second-order valence-corrected chi connectivity index (χ2v) is 8.90. The van der Waals surface area contributed by atoms with Gasteiger partial charge >= 0.3 is 0 Å². The van der Waals surface area contributed by atoms with Gasteiger partial charge in [-0.3, -0.25) is 9.20 Å². The third-order valence-electron chi connectivity index (χ3n) is 6.10. The Morgan fingerprint density at radius 2 is 1.91 bits per heavy atom. The molecule has 2 aromatic heterocycles. The molecule has 1 saturated heterocycles. The first-order valence-electron chi connectivity index (χ1n) is 11.9. The summed E-state index contributed by atoms with van der Waals surface area (Å²) in [5, 5.41) is 7.85. The number of rotatable bonds is 5. The Balaban J connectivity index is 2.23. The first kappa shape index (κ1) is 24.6. The lowest BCUT2D eigenvalue weighted by Crippen LogP contribution is -2.54. The van der Waals surface area contributed by atoms with Crippen molar-refractivity contribution in [1.82, 2.24) is 24.9 Å². The molecule has 3 aromatic rings. The molecular formula is C27H31F2N5O. The van der Waals surface area contributed by atoms with Crippen LogP contribution in [0.5, 0.6) is 0 Å². The summed E-state index contributed by atoms with van der Waals surface area (Å²) in [7, 11) is 0. The van der Waals surface area contributed by atoms with Crippen molar-refractivity contribution in [3.63, 3.8) is 0 Å². The second kappa shape index (κ2) is 10.00. The van der Waals surface area contributed by atoms with E-state index in [9.17, 15) is 13.6 Å². The van der Waals surface area contributed by atoms with Crippen molar-refractivity contribution in [3.8, 4) is 0 Å². The summed E-state index contributed by atoms with van der Waals surface area (Å²) in [6.07, 6.45) is 7.44. The van der Waals surface area contributed by atoms with Crippen molar-refractivity contribution in [3.05, 3.63) is 70.8 Å². The zero-order chi connectivity index (χ0) is 25.3. The number of hydrogen-bond acceptors (Lipinski definition) is 4. The van der Waals surface area contributed by atoms with Gasteiger partial charge in [0.05, 0.1) is 21.9 Å². The van der Waals surface area contributed by atoms with Crippen LogP contribution < -0.4 is 21.2 Å². The fraction of sp³-hybridized carbons (Fsp3) is 0.333. The molecule has 184 valence electrons. The van der Waals surface area contributed by atoms with Gasteiger partial charge in [0, 0.05) is 54.8 Å². The van der Waals surface area contributed by atoms with Crippen molar-refractivity contribution >= 4 is 34.4 Å². The number of benzene rings is 1. The highest BCUT2D eigenvalue weighted by molar-refractivity contribution is 6.01. The van der Waals surface area contributed by atoms with E-state index < -0.39 is 11.6 Å². The highest BCUT2D eigenvalue weighted by Gasteiger charge is 2.24. The molecule has 1 aliphatic rings. The van der Waals surface area contributed by atoms with Crippen LogP contribution in [0.15, 0.2) is 43.0 Å². The van der Waals surface area contributed by atoms with Crippen molar-refractivity contribution in [2.24, 2.45) is 0 Å². The van der Waals surface area contributed by atoms with E-state index in [4.69, 9.17) is 0 Å². The van der Waals surface area contributed by atoms with Crippen molar-refractivity contribution in [1.29, 1.82) is 0 Å². The van der Waals surface area contributed by atoms with Crippen LogP contribution in [-0.2, 0) is 0 Å². The molecule has 2 N–H and O–H groups in total. The van der Waals surface area contributed by atoms with E-state index in [0.717, 1.165) is 36.1 Å². The van der Waals surface area contributed by atoms with Crippen LogP contribution in [0, 0.1) is 11.6 Å². The van der Waals surface area contributed by atoms with Crippen LogP contribution in [0.3, 0.4) is 0 Å². The van der Waals surface area contributed by atoms with Gasteiger partial charge in [-0.05, 0) is 45.9 Å². The molecule has 6 nitrogen and oxygen atoms in total. The zero-order valence-corrected chi connectivity index (χ0v) is 20.5. The molecule has 3 heterocycles. The molecule has 0 bridgehead atoms. The van der Waals surface area contributed by atoms with Gasteiger partial charge in [0.25, 0.3) is 5.91 Å². The summed E-state index contributed by atoms with van der Waals surface area (Å²) in [6, 6.07) is 4.54. The van der Waals surface area contributed by atoms with Gasteiger partial charge in [0.2, 0.25) is 0 Å². The number of hydrogen-bond donors (Lipinski definition) is 2. The normalized spacial score (nSPS) is 20.2. The van der Waals surface area contributed by atoms with Crippen molar-refractivity contribution in [2.75, 3.05) is 19.6 Å². The zero-order valence-electron chi connectivity index (χ0n) is 20.5. The predicted molar refractivity (Wildman–Crippen MR) is 136 cm³/mol. The molecule has 0 unspecified atom stereocenters. The quantitative estimate of drug-likeness (QED) is 0.591. The number of fused-ring (bicyclic) bond motifs is 3. The Morgan fingerprint density at radius 3 is 2.54 bits per heavy atom. The topological polar surface area (TPSA) is 61.7 Å². The number of nitrogens with one attached hydrogen (secondary N) is 2. The number of nitrogens with zero attached hydrogens (tertiary/aromatic N) is 3. The standard InChI is InChI=1S/C27H31F2N5O/c1-6-9-23(33-14-16(4)31-17(5)15-33)18-11-19(27(35)30-8-3)26-32-22-12-20(28)21(29)13-25(22)34(26)24(18)10-7-2/h6-7,9-13,16-17,31H,2,8,14-15H2,1,3-5H3,(H,30,35)/b9-6-,23-18+,24-10-/t16-,17+. The van der Waals surface area contributed by atoms with E-state index in [0.29, 0.717) is 28.6 Å². The van der Waals surface area contributed by atoms with Gasteiger partial charge < -0.3 is 15.5 Å². The van der Waals surface area contributed by atoms with Crippen LogP contribution in [0.25, 0.3) is 28.5 Å².